The van der Waals surface area contributed by atoms with Crippen LogP contribution in [0.5, 0.6) is 0 Å². The molecule has 0 bridgehead atoms. The smallest absolute Gasteiger partial charge is 0.255 e. The van der Waals surface area contributed by atoms with E-state index in [1.807, 2.05) is 12.1 Å². The van der Waals surface area contributed by atoms with E-state index < -0.39 is 0 Å². The van der Waals surface area contributed by atoms with Crippen molar-refractivity contribution >= 4 is 10.8 Å². The highest BCUT2D eigenvalue weighted by atomic mass is 16.1. The Labute approximate surface area is 82.6 Å². The molecule has 0 saturated carbocycles. The van der Waals surface area contributed by atoms with E-state index >= 15 is 0 Å². The van der Waals surface area contributed by atoms with Gasteiger partial charge < -0.3 is 4.98 Å². The number of aryl methyl sites for hydroxylation is 2. The summed E-state index contributed by atoms with van der Waals surface area (Å²) in [5.74, 6) is 0. The number of hydrogen-bond acceptors (Lipinski definition) is 1. The molecule has 0 unspecified atom stereocenters. The molecule has 2 rings (SSSR count). The van der Waals surface area contributed by atoms with E-state index in [1.54, 1.807) is 6.20 Å². The lowest BCUT2D eigenvalue weighted by molar-refractivity contribution is 1.11. The van der Waals surface area contributed by atoms with Crippen LogP contribution in [0.15, 0.2) is 29.2 Å². The quantitative estimate of drug-likeness (QED) is 0.730. The zero-order valence-electron chi connectivity index (χ0n) is 8.42. The van der Waals surface area contributed by atoms with E-state index in [2.05, 4.69) is 24.9 Å². The molecule has 1 N–H and O–H groups in total. The summed E-state index contributed by atoms with van der Waals surface area (Å²) in [6.45, 7) is 4.19. The van der Waals surface area contributed by atoms with E-state index in [0.717, 1.165) is 17.2 Å². The Kier molecular flexibility index (Phi) is 2.12. The van der Waals surface area contributed by atoms with Crippen LogP contribution in [0.3, 0.4) is 0 Å². The van der Waals surface area contributed by atoms with E-state index in [-0.39, 0.29) is 5.56 Å². The number of aromatic nitrogens is 1. The first-order chi connectivity index (χ1) is 6.72. The molecule has 0 amide bonds. The molecule has 2 nitrogen and oxygen atoms in total. The standard InChI is InChI=1S/C12H13NO/c1-3-9-7-11-10(6-8(9)2)4-5-13-12(11)14/h4-7H,3H2,1-2H3,(H,13,14). The van der Waals surface area contributed by atoms with E-state index in [1.165, 1.54) is 11.1 Å². The molecular formula is C12H13NO. The third-order valence-corrected chi connectivity index (χ3v) is 2.61. The number of pyridine rings is 1. The molecule has 0 fully saturated rings. The largest absolute Gasteiger partial charge is 0.329 e. The van der Waals surface area contributed by atoms with Crippen LogP contribution in [-0.4, -0.2) is 4.98 Å². The van der Waals surface area contributed by atoms with Crippen molar-refractivity contribution in [1.29, 1.82) is 0 Å². The van der Waals surface area contributed by atoms with Crippen LogP contribution in [-0.2, 0) is 6.42 Å². The van der Waals surface area contributed by atoms with Crippen LogP contribution in [0.4, 0.5) is 0 Å². The van der Waals surface area contributed by atoms with Gasteiger partial charge in [-0.1, -0.05) is 13.0 Å². The summed E-state index contributed by atoms with van der Waals surface area (Å²) in [6, 6.07) is 6.00. The van der Waals surface area contributed by atoms with Gasteiger partial charge in [-0.15, -0.1) is 0 Å². The molecule has 0 radical (unpaired) electrons. The van der Waals surface area contributed by atoms with Crippen LogP contribution < -0.4 is 5.56 Å². The first-order valence-corrected chi connectivity index (χ1v) is 4.83. The predicted molar refractivity (Wildman–Crippen MR) is 58.7 cm³/mol. The minimum absolute atomic E-state index is 0.00259. The number of nitrogens with one attached hydrogen (secondary N) is 1. The summed E-state index contributed by atoms with van der Waals surface area (Å²) in [6.07, 6.45) is 2.66. The zero-order chi connectivity index (χ0) is 10.1. The molecule has 72 valence electrons. The molecule has 0 spiro atoms. The van der Waals surface area contributed by atoms with Gasteiger partial charge in [-0.3, -0.25) is 4.79 Å². The van der Waals surface area contributed by atoms with Gasteiger partial charge in [0.1, 0.15) is 0 Å². The fourth-order valence-electron chi connectivity index (χ4n) is 1.78. The lowest BCUT2D eigenvalue weighted by Crippen LogP contribution is -2.05. The highest BCUT2D eigenvalue weighted by molar-refractivity contribution is 5.82. The van der Waals surface area contributed by atoms with Gasteiger partial charge in [-0.25, -0.2) is 0 Å². The maximum atomic E-state index is 11.5. The van der Waals surface area contributed by atoms with Gasteiger partial charge in [0.15, 0.2) is 0 Å². The molecule has 0 saturated heterocycles. The van der Waals surface area contributed by atoms with Crippen molar-refractivity contribution in [2.24, 2.45) is 0 Å². The summed E-state index contributed by atoms with van der Waals surface area (Å²) >= 11 is 0. The Hall–Kier alpha value is -1.57. The first-order valence-electron chi connectivity index (χ1n) is 4.83. The molecular weight excluding hydrogens is 174 g/mol. The van der Waals surface area contributed by atoms with Gasteiger partial charge >= 0.3 is 0 Å². The van der Waals surface area contributed by atoms with Gasteiger partial charge in [0.25, 0.3) is 5.56 Å². The molecule has 2 heteroatoms. The van der Waals surface area contributed by atoms with Gasteiger partial charge in [-0.2, -0.15) is 0 Å². The SMILES string of the molecule is CCc1cc2c(=O)[nH]ccc2cc1C. The van der Waals surface area contributed by atoms with E-state index in [0.29, 0.717) is 0 Å². The lowest BCUT2D eigenvalue weighted by atomic mass is 10.0. The van der Waals surface area contributed by atoms with Crippen molar-refractivity contribution in [3.63, 3.8) is 0 Å². The number of aromatic amines is 1. The van der Waals surface area contributed by atoms with Crippen LogP contribution in [0, 0.1) is 6.92 Å². The number of H-pyrrole nitrogens is 1. The van der Waals surface area contributed by atoms with Gasteiger partial charge in [0, 0.05) is 11.6 Å². The van der Waals surface area contributed by atoms with Crippen LogP contribution in [0.2, 0.25) is 0 Å². The zero-order valence-corrected chi connectivity index (χ0v) is 8.42. The summed E-state index contributed by atoms with van der Waals surface area (Å²) in [4.78, 5) is 14.2. The lowest BCUT2D eigenvalue weighted by Gasteiger charge is -2.04. The van der Waals surface area contributed by atoms with Crippen LogP contribution in [0.1, 0.15) is 18.1 Å². The second-order valence-corrected chi connectivity index (χ2v) is 3.53. The normalized spacial score (nSPS) is 10.7. The summed E-state index contributed by atoms with van der Waals surface area (Å²) < 4.78 is 0. The maximum Gasteiger partial charge on any atom is 0.255 e. The van der Waals surface area contributed by atoms with Gasteiger partial charge in [-0.05, 0) is 42.0 Å². The number of rotatable bonds is 1. The molecule has 1 aromatic heterocycles. The molecule has 1 aromatic carbocycles. The Morgan fingerprint density at radius 2 is 2.14 bits per heavy atom. The minimum Gasteiger partial charge on any atom is -0.329 e. The molecule has 14 heavy (non-hydrogen) atoms. The molecule has 0 atom stereocenters. The van der Waals surface area contributed by atoms with Crippen molar-refractivity contribution in [2.75, 3.05) is 0 Å². The van der Waals surface area contributed by atoms with Crippen molar-refractivity contribution in [1.82, 2.24) is 4.98 Å². The van der Waals surface area contributed by atoms with Gasteiger partial charge in [0.2, 0.25) is 0 Å². The Morgan fingerprint density at radius 1 is 1.36 bits per heavy atom. The van der Waals surface area contributed by atoms with Crippen molar-refractivity contribution in [3.8, 4) is 0 Å². The minimum atomic E-state index is -0.00259. The molecule has 1 heterocycles. The summed E-state index contributed by atoms with van der Waals surface area (Å²) in [5.41, 5.74) is 2.50. The third kappa shape index (κ3) is 1.33. The van der Waals surface area contributed by atoms with Gasteiger partial charge in [0.05, 0.1) is 0 Å². The average molecular weight is 187 g/mol. The third-order valence-electron chi connectivity index (χ3n) is 2.61. The topological polar surface area (TPSA) is 32.9 Å². The second-order valence-electron chi connectivity index (χ2n) is 3.53. The van der Waals surface area contributed by atoms with E-state index in [9.17, 15) is 4.79 Å². The highest BCUT2D eigenvalue weighted by Gasteiger charge is 2.01. The molecule has 0 aliphatic heterocycles. The Bertz CT molecular complexity index is 525. The first kappa shape index (κ1) is 9.00. The van der Waals surface area contributed by atoms with Crippen LogP contribution >= 0.6 is 0 Å². The van der Waals surface area contributed by atoms with Crippen LogP contribution in [0.25, 0.3) is 10.8 Å². The number of hydrogen-bond donors (Lipinski definition) is 1. The highest BCUT2D eigenvalue weighted by Crippen LogP contribution is 2.16. The summed E-state index contributed by atoms with van der Waals surface area (Å²) in [7, 11) is 0. The molecule has 2 aromatic rings. The predicted octanol–water partition coefficient (Wildman–Crippen LogP) is 2.40. The van der Waals surface area contributed by atoms with Crippen molar-refractivity contribution in [2.45, 2.75) is 20.3 Å². The number of benzene rings is 1. The Balaban J connectivity index is 2.87. The maximum absolute atomic E-state index is 11.5. The number of fused-ring (bicyclic) bond motifs is 1. The second kappa shape index (κ2) is 3.29. The summed E-state index contributed by atoms with van der Waals surface area (Å²) in [5, 5.41) is 1.80. The van der Waals surface area contributed by atoms with Crippen molar-refractivity contribution in [3.05, 3.63) is 45.9 Å². The molecule has 0 aliphatic carbocycles. The van der Waals surface area contributed by atoms with Crippen molar-refractivity contribution < 1.29 is 0 Å². The molecule has 0 aliphatic rings. The fourth-order valence-corrected chi connectivity index (χ4v) is 1.78. The fraction of sp³-hybridized carbons (Fsp3) is 0.250. The average Bonchev–Trinajstić information content (AvgIpc) is 2.17. The Morgan fingerprint density at radius 3 is 2.86 bits per heavy atom. The van der Waals surface area contributed by atoms with E-state index in [4.69, 9.17) is 0 Å². The monoisotopic (exact) mass is 187 g/mol.